The molecule has 0 N–H and O–H groups in total. The molecule has 0 unspecified atom stereocenters. The predicted molar refractivity (Wildman–Crippen MR) is 160 cm³/mol. The highest BCUT2D eigenvalue weighted by molar-refractivity contribution is 5.35. The summed E-state index contributed by atoms with van der Waals surface area (Å²) in [7, 11) is 0. The summed E-state index contributed by atoms with van der Waals surface area (Å²) < 4.78 is 105. The van der Waals surface area contributed by atoms with Crippen LogP contribution in [0.25, 0.3) is 0 Å². The van der Waals surface area contributed by atoms with Crippen molar-refractivity contribution >= 4 is 0 Å². The van der Waals surface area contributed by atoms with Gasteiger partial charge in [0.25, 0.3) is 0 Å². The Hall–Kier alpha value is -3.20. The minimum atomic E-state index is -0.997. The molecule has 3 aromatic rings. The van der Waals surface area contributed by atoms with Crippen molar-refractivity contribution in [2.45, 2.75) is 102 Å². The summed E-state index contributed by atoms with van der Waals surface area (Å²) in [5, 5.41) is 0. The minimum Gasteiger partial charge on any atom is -0.491 e. The topological polar surface area (TPSA) is 27.7 Å². The van der Waals surface area contributed by atoms with E-state index in [0.717, 1.165) is 0 Å². The van der Waals surface area contributed by atoms with Crippen LogP contribution in [0.5, 0.6) is 11.5 Å². The molecule has 0 atom stereocenters. The Balaban J connectivity index is 1.14. The van der Waals surface area contributed by atoms with Gasteiger partial charge in [-0.2, -0.15) is 8.78 Å². The molecule has 3 nitrogen and oxygen atoms in total. The molecule has 244 valence electrons. The van der Waals surface area contributed by atoms with Crippen LogP contribution in [0.4, 0.5) is 26.3 Å². The second-order valence-electron chi connectivity index (χ2n) is 12.1. The molecule has 2 saturated carbocycles. The largest absolute Gasteiger partial charge is 0.491 e. The highest BCUT2D eigenvalue weighted by Gasteiger charge is 2.31. The van der Waals surface area contributed by atoms with E-state index in [2.05, 4.69) is 0 Å². The van der Waals surface area contributed by atoms with Crippen molar-refractivity contribution in [3.8, 4) is 11.5 Å². The van der Waals surface area contributed by atoms with Crippen molar-refractivity contribution < 1.29 is 40.6 Å². The molecule has 2 aliphatic rings. The zero-order valence-corrected chi connectivity index (χ0v) is 25.8. The van der Waals surface area contributed by atoms with Crippen molar-refractivity contribution in [2.75, 3.05) is 13.2 Å². The zero-order chi connectivity index (χ0) is 32.1. The number of hydrogen-bond donors (Lipinski definition) is 0. The predicted octanol–water partition coefficient (Wildman–Crippen LogP) is 10.4. The summed E-state index contributed by atoms with van der Waals surface area (Å²) in [5.74, 6) is -6.39. The van der Waals surface area contributed by atoms with Crippen LogP contribution in [0.15, 0.2) is 36.4 Å². The zero-order valence-electron chi connectivity index (χ0n) is 25.8. The molecule has 0 aromatic heterocycles. The second-order valence-corrected chi connectivity index (χ2v) is 12.1. The van der Waals surface area contributed by atoms with E-state index in [-0.39, 0.29) is 65.3 Å². The van der Waals surface area contributed by atoms with Gasteiger partial charge in [0, 0.05) is 5.56 Å². The third-order valence-corrected chi connectivity index (χ3v) is 9.30. The highest BCUT2D eigenvalue weighted by atomic mass is 19.2. The van der Waals surface area contributed by atoms with E-state index in [1.54, 1.807) is 31.2 Å². The third-order valence-electron chi connectivity index (χ3n) is 9.30. The SMILES string of the molecule is CCCOc1ccc(C2CCC(OCc3ccc(C4CCC(c5ccc(OCC)c(F)c5F)CC4)c(F)c3F)CC2)c(F)c1F. The molecule has 0 saturated heterocycles. The first-order valence-corrected chi connectivity index (χ1v) is 16.0. The van der Waals surface area contributed by atoms with Crippen LogP contribution < -0.4 is 9.47 Å². The van der Waals surface area contributed by atoms with E-state index < -0.39 is 34.9 Å². The van der Waals surface area contributed by atoms with Crippen molar-refractivity contribution in [1.29, 1.82) is 0 Å². The summed E-state index contributed by atoms with van der Waals surface area (Å²) >= 11 is 0. The van der Waals surface area contributed by atoms with E-state index in [1.807, 2.05) is 6.92 Å². The maximum absolute atomic E-state index is 15.2. The van der Waals surface area contributed by atoms with Gasteiger partial charge in [0.2, 0.25) is 11.6 Å². The molecule has 2 aliphatic carbocycles. The Bertz CT molecular complexity index is 1460. The molecule has 45 heavy (non-hydrogen) atoms. The lowest BCUT2D eigenvalue weighted by Gasteiger charge is -2.30. The van der Waals surface area contributed by atoms with Crippen LogP contribution in [0.2, 0.25) is 0 Å². The molecule has 0 radical (unpaired) electrons. The summed E-state index contributed by atoms with van der Waals surface area (Å²) in [6.07, 6.45) is 4.92. The smallest absolute Gasteiger partial charge is 0.200 e. The number of benzene rings is 3. The molecule has 0 aliphatic heterocycles. The first kappa shape index (κ1) is 33.2. The molecule has 5 rings (SSSR count). The van der Waals surface area contributed by atoms with Crippen molar-refractivity contribution in [3.63, 3.8) is 0 Å². The van der Waals surface area contributed by atoms with Gasteiger partial charge in [-0.3, -0.25) is 0 Å². The lowest BCUT2D eigenvalue weighted by atomic mass is 9.75. The van der Waals surface area contributed by atoms with Gasteiger partial charge in [0.15, 0.2) is 34.8 Å². The first-order chi connectivity index (χ1) is 21.7. The maximum Gasteiger partial charge on any atom is 0.200 e. The molecule has 0 amide bonds. The molecule has 9 heteroatoms. The average molecular weight is 635 g/mol. The van der Waals surface area contributed by atoms with Crippen LogP contribution in [-0.2, 0) is 11.3 Å². The van der Waals surface area contributed by atoms with E-state index >= 15 is 8.78 Å². The Kier molecular flexibility index (Phi) is 11.0. The number of rotatable bonds is 11. The minimum absolute atomic E-state index is 0.0842. The van der Waals surface area contributed by atoms with E-state index in [9.17, 15) is 17.6 Å². The van der Waals surface area contributed by atoms with Gasteiger partial charge in [-0.1, -0.05) is 31.2 Å². The third kappa shape index (κ3) is 7.29. The van der Waals surface area contributed by atoms with E-state index in [4.69, 9.17) is 14.2 Å². The van der Waals surface area contributed by atoms with Crippen molar-refractivity contribution in [2.24, 2.45) is 0 Å². The lowest BCUT2D eigenvalue weighted by Crippen LogP contribution is -2.22. The van der Waals surface area contributed by atoms with Gasteiger partial charge in [0.1, 0.15) is 0 Å². The number of halogens is 6. The molecule has 0 spiro atoms. The Morgan fingerprint density at radius 2 is 0.978 bits per heavy atom. The lowest BCUT2D eigenvalue weighted by molar-refractivity contribution is 0.0116. The average Bonchev–Trinajstić information content (AvgIpc) is 3.05. The van der Waals surface area contributed by atoms with Gasteiger partial charge >= 0.3 is 0 Å². The van der Waals surface area contributed by atoms with Crippen LogP contribution in [0.1, 0.15) is 112 Å². The van der Waals surface area contributed by atoms with Crippen LogP contribution in [0, 0.1) is 34.9 Å². The molecule has 2 fully saturated rings. The second kappa shape index (κ2) is 14.9. The molecular formula is C36H40F6O3. The van der Waals surface area contributed by atoms with Crippen molar-refractivity contribution in [1.82, 2.24) is 0 Å². The van der Waals surface area contributed by atoms with Crippen molar-refractivity contribution in [3.05, 3.63) is 93.6 Å². The van der Waals surface area contributed by atoms with Crippen LogP contribution >= 0.6 is 0 Å². The molecule has 3 aromatic carbocycles. The van der Waals surface area contributed by atoms with E-state index in [1.165, 1.54) is 12.1 Å². The van der Waals surface area contributed by atoms with Gasteiger partial charge in [-0.25, -0.2) is 17.6 Å². The fourth-order valence-corrected chi connectivity index (χ4v) is 6.81. The molecule has 0 heterocycles. The van der Waals surface area contributed by atoms with Crippen LogP contribution in [-0.4, -0.2) is 19.3 Å². The fourth-order valence-electron chi connectivity index (χ4n) is 6.81. The monoisotopic (exact) mass is 634 g/mol. The number of ether oxygens (including phenoxy) is 3. The fraction of sp³-hybridized carbons (Fsp3) is 0.500. The normalized spacial score (nSPS) is 22.0. The summed E-state index contributed by atoms with van der Waals surface area (Å²) in [6.45, 7) is 4.02. The molecular weight excluding hydrogens is 594 g/mol. The Morgan fingerprint density at radius 3 is 1.47 bits per heavy atom. The standard InChI is InChI=1S/C36H40F6O3/c1-3-19-44-30-18-16-28(34(40)36(30)42)23-9-12-25(13-10-23)45-20-24-11-14-26(32(38)31(24)37)21-5-7-22(8-6-21)27-15-17-29(43-4-2)35(41)33(27)39/h11,14-18,21-23,25H,3-10,12-13,19-20H2,1-2H3. The van der Waals surface area contributed by atoms with Gasteiger partial charge in [-0.05, 0) is 111 Å². The van der Waals surface area contributed by atoms with Crippen LogP contribution in [0.3, 0.4) is 0 Å². The van der Waals surface area contributed by atoms with Gasteiger partial charge in [-0.15, -0.1) is 0 Å². The maximum atomic E-state index is 15.2. The molecule has 0 bridgehead atoms. The van der Waals surface area contributed by atoms with E-state index in [0.29, 0.717) is 70.0 Å². The van der Waals surface area contributed by atoms with Gasteiger partial charge in [0.05, 0.1) is 25.9 Å². The summed E-state index contributed by atoms with van der Waals surface area (Å²) in [4.78, 5) is 0. The Labute approximate surface area is 260 Å². The number of hydrogen-bond acceptors (Lipinski definition) is 3. The summed E-state index contributed by atoms with van der Waals surface area (Å²) in [5.41, 5.74) is 1.02. The quantitative estimate of drug-likeness (QED) is 0.197. The Morgan fingerprint density at radius 1 is 0.533 bits per heavy atom. The van der Waals surface area contributed by atoms with Gasteiger partial charge < -0.3 is 14.2 Å². The highest BCUT2D eigenvalue weighted by Crippen LogP contribution is 2.43. The summed E-state index contributed by atoms with van der Waals surface area (Å²) in [6, 6.07) is 9.19. The first-order valence-electron chi connectivity index (χ1n) is 16.0.